The highest BCUT2D eigenvalue weighted by Crippen LogP contribution is 2.19. The van der Waals surface area contributed by atoms with Crippen LogP contribution in [0, 0.1) is 11.7 Å². The quantitative estimate of drug-likeness (QED) is 0.815. The molecule has 6 nitrogen and oxygen atoms in total. The number of hydrogen-bond acceptors (Lipinski definition) is 4. The highest BCUT2D eigenvalue weighted by Gasteiger charge is 2.29. The van der Waals surface area contributed by atoms with E-state index in [9.17, 15) is 18.8 Å². The highest BCUT2D eigenvalue weighted by molar-refractivity contribution is 5.80. The van der Waals surface area contributed by atoms with E-state index >= 15 is 0 Å². The van der Waals surface area contributed by atoms with Crippen LogP contribution in [0.5, 0.6) is 0 Å². The molecule has 1 aliphatic rings. The standard InChI is InChI=1S/C20H23FN2O4/c1-2-27-20(26)14-4-3-9-23(12-14)18(24)8-5-13-10-15-11-16(21)6-7-17(15)22-19(13)25/h6-7,10-11,14H,2-5,8-9,12H2,1H3,(H,22,25). The number of piperidine rings is 1. The Kier molecular flexibility index (Phi) is 5.88. The van der Waals surface area contributed by atoms with Gasteiger partial charge >= 0.3 is 5.97 Å². The molecule has 2 aromatic rings. The predicted octanol–water partition coefficient (Wildman–Crippen LogP) is 2.40. The summed E-state index contributed by atoms with van der Waals surface area (Å²) in [7, 11) is 0. The maximum absolute atomic E-state index is 13.4. The summed E-state index contributed by atoms with van der Waals surface area (Å²) in [6, 6.07) is 5.79. The molecule has 1 atom stereocenters. The van der Waals surface area contributed by atoms with E-state index in [1.54, 1.807) is 17.9 Å². The molecule has 3 rings (SSSR count). The van der Waals surface area contributed by atoms with E-state index in [0.717, 1.165) is 12.8 Å². The largest absolute Gasteiger partial charge is 0.466 e. The molecule has 0 aliphatic carbocycles. The molecule has 2 heterocycles. The number of benzene rings is 1. The zero-order valence-electron chi connectivity index (χ0n) is 15.3. The Morgan fingerprint density at radius 2 is 2.15 bits per heavy atom. The zero-order valence-corrected chi connectivity index (χ0v) is 15.3. The molecule has 1 N–H and O–H groups in total. The number of aromatic amines is 1. The van der Waals surface area contributed by atoms with Gasteiger partial charge in [-0.1, -0.05) is 0 Å². The van der Waals surface area contributed by atoms with Crippen molar-refractivity contribution in [1.29, 1.82) is 0 Å². The minimum absolute atomic E-state index is 0.0947. The lowest BCUT2D eigenvalue weighted by molar-refractivity contribution is -0.151. The van der Waals surface area contributed by atoms with Gasteiger partial charge in [-0.05, 0) is 50.5 Å². The van der Waals surface area contributed by atoms with Crippen molar-refractivity contribution in [2.24, 2.45) is 5.92 Å². The van der Waals surface area contributed by atoms with Crippen LogP contribution >= 0.6 is 0 Å². The summed E-state index contributed by atoms with van der Waals surface area (Å²) in [5.41, 5.74) is 0.732. The van der Waals surface area contributed by atoms with E-state index in [0.29, 0.717) is 36.2 Å². The number of hydrogen-bond donors (Lipinski definition) is 1. The van der Waals surface area contributed by atoms with Crippen LogP contribution in [0.4, 0.5) is 4.39 Å². The number of carbonyl (C=O) groups excluding carboxylic acids is 2. The second kappa shape index (κ2) is 8.33. The SMILES string of the molecule is CCOC(=O)C1CCCN(C(=O)CCc2cc3cc(F)ccc3[nH]c2=O)C1. The molecule has 1 unspecified atom stereocenters. The number of carbonyl (C=O) groups is 2. The minimum atomic E-state index is -0.380. The van der Waals surface area contributed by atoms with E-state index in [1.807, 2.05) is 0 Å². The van der Waals surface area contributed by atoms with Crippen molar-refractivity contribution >= 4 is 22.8 Å². The van der Waals surface area contributed by atoms with Crippen molar-refractivity contribution in [3.8, 4) is 0 Å². The number of likely N-dealkylation sites (tertiary alicyclic amines) is 1. The van der Waals surface area contributed by atoms with Gasteiger partial charge in [0.2, 0.25) is 5.91 Å². The lowest BCUT2D eigenvalue weighted by Gasteiger charge is -2.31. The fourth-order valence-corrected chi connectivity index (χ4v) is 3.46. The first-order valence-corrected chi connectivity index (χ1v) is 9.23. The summed E-state index contributed by atoms with van der Waals surface area (Å²) >= 11 is 0. The van der Waals surface area contributed by atoms with Crippen LogP contribution in [-0.4, -0.2) is 41.5 Å². The normalized spacial score (nSPS) is 17.1. The van der Waals surface area contributed by atoms with Crippen LogP contribution in [0.15, 0.2) is 29.1 Å². The van der Waals surface area contributed by atoms with Gasteiger partial charge in [0.1, 0.15) is 5.82 Å². The first kappa shape index (κ1) is 19.1. The monoisotopic (exact) mass is 374 g/mol. The highest BCUT2D eigenvalue weighted by atomic mass is 19.1. The van der Waals surface area contributed by atoms with Gasteiger partial charge in [-0.15, -0.1) is 0 Å². The number of ether oxygens (including phenoxy) is 1. The van der Waals surface area contributed by atoms with Crippen molar-refractivity contribution in [2.45, 2.75) is 32.6 Å². The third-order valence-electron chi connectivity index (χ3n) is 4.89. The number of amides is 1. The molecule has 0 bridgehead atoms. The molecule has 0 saturated carbocycles. The lowest BCUT2D eigenvalue weighted by Crippen LogP contribution is -2.43. The number of rotatable bonds is 5. The molecular weight excluding hydrogens is 351 g/mol. The first-order chi connectivity index (χ1) is 13.0. The maximum Gasteiger partial charge on any atom is 0.310 e. The lowest BCUT2D eigenvalue weighted by atomic mass is 9.97. The second-order valence-corrected chi connectivity index (χ2v) is 6.79. The van der Waals surface area contributed by atoms with Crippen molar-refractivity contribution in [3.63, 3.8) is 0 Å². The van der Waals surface area contributed by atoms with Gasteiger partial charge in [0.15, 0.2) is 0 Å². The molecule has 0 radical (unpaired) electrons. The Balaban J connectivity index is 1.65. The molecule has 1 aliphatic heterocycles. The molecule has 1 amide bonds. The second-order valence-electron chi connectivity index (χ2n) is 6.79. The van der Waals surface area contributed by atoms with Crippen LogP contribution in [0.2, 0.25) is 0 Å². The van der Waals surface area contributed by atoms with Gasteiger partial charge in [0.05, 0.1) is 12.5 Å². The predicted molar refractivity (Wildman–Crippen MR) is 98.8 cm³/mol. The average molecular weight is 374 g/mol. The molecule has 144 valence electrons. The van der Waals surface area contributed by atoms with Crippen molar-refractivity contribution < 1.29 is 18.7 Å². The van der Waals surface area contributed by atoms with Crippen LogP contribution in [0.25, 0.3) is 10.9 Å². The van der Waals surface area contributed by atoms with E-state index in [2.05, 4.69) is 4.98 Å². The van der Waals surface area contributed by atoms with Crippen molar-refractivity contribution in [1.82, 2.24) is 9.88 Å². The Morgan fingerprint density at radius 1 is 1.33 bits per heavy atom. The molecule has 0 spiro atoms. The smallest absolute Gasteiger partial charge is 0.310 e. The number of H-pyrrole nitrogens is 1. The van der Waals surface area contributed by atoms with Crippen molar-refractivity contribution in [2.75, 3.05) is 19.7 Å². The molecule has 1 aromatic carbocycles. The van der Waals surface area contributed by atoms with Crippen LogP contribution < -0.4 is 5.56 Å². The summed E-state index contributed by atoms with van der Waals surface area (Å²) in [5, 5.41) is 0.595. The summed E-state index contributed by atoms with van der Waals surface area (Å²) in [5.74, 6) is -1.02. The third kappa shape index (κ3) is 4.53. The number of fused-ring (bicyclic) bond motifs is 1. The topological polar surface area (TPSA) is 79.5 Å². The summed E-state index contributed by atoms with van der Waals surface area (Å²) in [4.78, 5) is 41.0. The Morgan fingerprint density at radius 3 is 2.93 bits per heavy atom. The third-order valence-corrected chi connectivity index (χ3v) is 4.89. The summed E-state index contributed by atoms with van der Waals surface area (Å²) < 4.78 is 18.4. The number of halogens is 1. The number of aromatic nitrogens is 1. The van der Waals surface area contributed by atoms with Gasteiger partial charge in [-0.3, -0.25) is 14.4 Å². The summed E-state index contributed by atoms with van der Waals surface area (Å²) in [6.07, 6.45) is 1.91. The van der Waals surface area contributed by atoms with E-state index in [-0.39, 0.29) is 42.0 Å². The fourth-order valence-electron chi connectivity index (χ4n) is 3.46. The van der Waals surface area contributed by atoms with Crippen LogP contribution in [0.3, 0.4) is 0 Å². The summed E-state index contributed by atoms with van der Waals surface area (Å²) in [6.45, 7) is 3.05. The Bertz CT molecular complexity index is 908. The van der Waals surface area contributed by atoms with Crippen LogP contribution in [0.1, 0.15) is 31.7 Å². The molecule has 1 saturated heterocycles. The molecule has 7 heteroatoms. The molecular formula is C20H23FN2O4. The number of aryl methyl sites for hydroxylation is 1. The Hall–Kier alpha value is -2.70. The Labute approximate surface area is 156 Å². The number of nitrogens with zero attached hydrogens (tertiary/aromatic N) is 1. The van der Waals surface area contributed by atoms with Gasteiger partial charge < -0.3 is 14.6 Å². The van der Waals surface area contributed by atoms with Gasteiger partial charge in [-0.2, -0.15) is 0 Å². The number of pyridine rings is 1. The zero-order chi connectivity index (χ0) is 19.4. The van der Waals surface area contributed by atoms with Gasteiger partial charge in [0.25, 0.3) is 5.56 Å². The van der Waals surface area contributed by atoms with Gasteiger partial charge in [-0.25, -0.2) is 4.39 Å². The molecule has 27 heavy (non-hydrogen) atoms. The van der Waals surface area contributed by atoms with Crippen molar-refractivity contribution in [3.05, 3.63) is 46.0 Å². The van der Waals surface area contributed by atoms with E-state index < -0.39 is 0 Å². The van der Waals surface area contributed by atoms with E-state index in [1.165, 1.54) is 18.2 Å². The first-order valence-electron chi connectivity index (χ1n) is 9.23. The maximum atomic E-state index is 13.4. The fraction of sp³-hybridized carbons (Fsp3) is 0.450. The van der Waals surface area contributed by atoms with E-state index in [4.69, 9.17) is 4.74 Å². The van der Waals surface area contributed by atoms with Crippen LogP contribution in [-0.2, 0) is 20.7 Å². The minimum Gasteiger partial charge on any atom is -0.466 e. The number of nitrogens with one attached hydrogen (secondary N) is 1. The number of esters is 1. The van der Waals surface area contributed by atoms with Gasteiger partial charge in [0, 0.05) is 36.0 Å². The molecule has 1 fully saturated rings. The average Bonchev–Trinajstić information content (AvgIpc) is 2.66. The molecule has 1 aromatic heterocycles.